The molecule has 0 spiro atoms. The predicted molar refractivity (Wildman–Crippen MR) is 70.2 cm³/mol. The van der Waals surface area contributed by atoms with Gasteiger partial charge in [0, 0.05) is 23.6 Å². The lowest BCUT2D eigenvalue weighted by atomic mass is 10.2. The standard InChI is InChI=1S/C13H12N4O/c14-12-3-1-11(2-4-12)13(18)17-16-9-10-5-7-15-8-6-10/h1-9H,14H2,(H,17,18)/b16-9-. The number of carbonyl (C=O) groups is 1. The Kier molecular flexibility index (Phi) is 3.66. The van der Waals surface area contributed by atoms with Gasteiger partial charge in [0.1, 0.15) is 0 Å². The van der Waals surface area contributed by atoms with Gasteiger partial charge in [0.05, 0.1) is 6.21 Å². The summed E-state index contributed by atoms with van der Waals surface area (Å²) in [5, 5.41) is 3.86. The van der Waals surface area contributed by atoms with Crippen molar-refractivity contribution in [2.45, 2.75) is 0 Å². The third kappa shape index (κ3) is 3.15. The Morgan fingerprint density at radius 1 is 1.17 bits per heavy atom. The molecule has 5 nitrogen and oxygen atoms in total. The van der Waals surface area contributed by atoms with E-state index in [-0.39, 0.29) is 5.91 Å². The number of carbonyl (C=O) groups excluding carboxylic acids is 1. The molecule has 0 saturated heterocycles. The molecule has 1 aromatic heterocycles. The number of nitrogens with two attached hydrogens (primary N) is 1. The minimum Gasteiger partial charge on any atom is -0.399 e. The largest absolute Gasteiger partial charge is 0.399 e. The van der Waals surface area contributed by atoms with E-state index in [1.165, 1.54) is 0 Å². The van der Waals surface area contributed by atoms with Crippen molar-refractivity contribution in [2.24, 2.45) is 5.10 Å². The molecule has 1 heterocycles. The van der Waals surface area contributed by atoms with E-state index in [9.17, 15) is 4.79 Å². The van der Waals surface area contributed by atoms with Crippen LogP contribution in [0.1, 0.15) is 15.9 Å². The molecule has 2 aromatic rings. The molecular formula is C13H12N4O. The monoisotopic (exact) mass is 240 g/mol. The highest BCUT2D eigenvalue weighted by atomic mass is 16.2. The minimum atomic E-state index is -0.277. The van der Waals surface area contributed by atoms with Crippen molar-refractivity contribution in [1.29, 1.82) is 0 Å². The molecule has 0 bridgehead atoms. The molecule has 0 aliphatic heterocycles. The lowest BCUT2D eigenvalue weighted by Gasteiger charge is -2.00. The van der Waals surface area contributed by atoms with E-state index < -0.39 is 0 Å². The first-order valence-corrected chi connectivity index (χ1v) is 5.35. The molecule has 5 heteroatoms. The molecule has 3 N–H and O–H groups in total. The zero-order valence-corrected chi connectivity index (χ0v) is 9.58. The lowest BCUT2D eigenvalue weighted by molar-refractivity contribution is 0.0955. The minimum absolute atomic E-state index is 0.277. The van der Waals surface area contributed by atoms with Crippen LogP contribution in [-0.4, -0.2) is 17.1 Å². The van der Waals surface area contributed by atoms with E-state index in [2.05, 4.69) is 15.5 Å². The summed E-state index contributed by atoms with van der Waals surface area (Å²) in [6, 6.07) is 10.2. The summed E-state index contributed by atoms with van der Waals surface area (Å²) in [7, 11) is 0. The molecule has 0 atom stereocenters. The van der Waals surface area contributed by atoms with Crippen LogP contribution in [0.15, 0.2) is 53.9 Å². The maximum atomic E-state index is 11.7. The zero-order valence-electron chi connectivity index (χ0n) is 9.58. The number of hydrazone groups is 1. The number of pyridine rings is 1. The van der Waals surface area contributed by atoms with Crippen LogP contribution >= 0.6 is 0 Å². The fourth-order valence-electron chi connectivity index (χ4n) is 1.31. The summed E-state index contributed by atoms with van der Waals surface area (Å²) in [6.45, 7) is 0. The Labute approximate surface area is 104 Å². The molecule has 0 aliphatic carbocycles. The van der Waals surface area contributed by atoms with Gasteiger partial charge < -0.3 is 5.73 Å². The van der Waals surface area contributed by atoms with Crippen LogP contribution in [0.2, 0.25) is 0 Å². The van der Waals surface area contributed by atoms with Gasteiger partial charge in [-0.25, -0.2) is 5.43 Å². The number of nitrogen functional groups attached to an aromatic ring is 1. The van der Waals surface area contributed by atoms with Crippen LogP contribution in [0.25, 0.3) is 0 Å². The molecule has 0 unspecified atom stereocenters. The van der Waals surface area contributed by atoms with E-state index in [1.807, 2.05) is 0 Å². The number of rotatable bonds is 3. The second-order valence-electron chi connectivity index (χ2n) is 3.60. The van der Waals surface area contributed by atoms with Gasteiger partial charge in [-0.3, -0.25) is 9.78 Å². The molecule has 0 radical (unpaired) electrons. The van der Waals surface area contributed by atoms with E-state index in [4.69, 9.17) is 5.73 Å². The summed E-state index contributed by atoms with van der Waals surface area (Å²) in [6.07, 6.45) is 4.86. The lowest BCUT2D eigenvalue weighted by Crippen LogP contribution is -2.17. The van der Waals surface area contributed by atoms with Gasteiger partial charge >= 0.3 is 0 Å². The number of anilines is 1. The van der Waals surface area contributed by atoms with Gasteiger partial charge in [-0.05, 0) is 42.0 Å². The first-order chi connectivity index (χ1) is 8.75. The van der Waals surface area contributed by atoms with Crippen molar-refractivity contribution < 1.29 is 4.79 Å². The summed E-state index contributed by atoms with van der Waals surface area (Å²) in [5.74, 6) is -0.277. The zero-order chi connectivity index (χ0) is 12.8. The Morgan fingerprint density at radius 2 is 1.83 bits per heavy atom. The third-order valence-corrected chi connectivity index (χ3v) is 2.26. The molecule has 90 valence electrons. The quantitative estimate of drug-likeness (QED) is 0.484. The predicted octanol–water partition coefficient (Wildman–Crippen LogP) is 1.43. The number of amides is 1. The van der Waals surface area contributed by atoms with Gasteiger partial charge in [0.15, 0.2) is 0 Å². The van der Waals surface area contributed by atoms with Crippen LogP contribution in [-0.2, 0) is 0 Å². The van der Waals surface area contributed by atoms with Gasteiger partial charge in [0.25, 0.3) is 5.91 Å². The van der Waals surface area contributed by atoms with Crippen molar-refractivity contribution in [3.63, 3.8) is 0 Å². The van der Waals surface area contributed by atoms with Gasteiger partial charge in [-0.1, -0.05) is 0 Å². The Balaban J connectivity index is 1.96. The van der Waals surface area contributed by atoms with Crippen molar-refractivity contribution in [2.75, 3.05) is 5.73 Å². The van der Waals surface area contributed by atoms with Gasteiger partial charge in [-0.2, -0.15) is 5.10 Å². The van der Waals surface area contributed by atoms with E-state index in [0.717, 1.165) is 5.56 Å². The Morgan fingerprint density at radius 3 is 2.50 bits per heavy atom. The normalized spacial score (nSPS) is 10.4. The summed E-state index contributed by atoms with van der Waals surface area (Å²) in [4.78, 5) is 15.6. The van der Waals surface area contributed by atoms with Crippen molar-refractivity contribution in [3.8, 4) is 0 Å². The average molecular weight is 240 g/mol. The number of hydrogen-bond donors (Lipinski definition) is 2. The second-order valence-corrected chi connectivity index (χ2v) is 3.60. The highest BCUT2D eigenvalue weighted by molar-refractivity contribution is 5.95. The maximum absolute atomic E-state index is 11.7. The molecule has 2 rings (SSSR count). The van der Waals surface area contributed by atoms with Crippen molar-refractivity contribution >= 4 is 17.8 Å². The highest BCUT2D eigenvalue weighted by Gasteiger charge is 2.02. The van der Waals surface area contributed by atoms with Crippen LogP contribution < -0.4 is 11.2 Å². The SMILES string of the molecule is Nc1ccc(C(=O)N/N=C\c2ccncc2)cc1. The number of benzene rings is 1. The number of nitrogens with zero attached hydrogens (tertiary/aromatic N) is 2. The number of hydrogen-bond acceptors (Lipinski definition) is 4. The second kappa shape index (κ2) is 5.58. The smallest absolute Gasteiger partial charge is 0.271 e. The fourth-order valence-corrected chi connectivity index (χ4v) is 1.31. The summed E-state index contributed by atoms with van der Waals surface area (Å²) >= 11 is 0. The first kappa shape index (κ1) is 11.8. The summed E-state index contributed by atoms with van der Waals surface area (Å²) < 4.78 is 0. The Bertz CT molecular complexity index is 549. The van der Waals surface area contributed by atoms with E-state index in [1.54, 1.807) is 55.0 Å². The average Bonchev–Trinajstić information content (AvgIpc) is 2.40. The molecule has 1 amide bonds. The molecule has 0 aliphatic rings. The first-order valence-electron chi connectivity index (χ1n) is 5.35. The Hall–Kier alpha value is -2.69. The van der Waals surface area contributed by atoms with Crippen LogP contribution in [0, 0.1) is 0 Å². The van der Waals surface area contributed by atoms with Crippen LogP contribution in [0.5, 0.6) is 0 Å². The molecule has 18 heavy (non-hydrogen) atoms. The summed E-state index contributed by atoms with van der Waals surface area (Å²) in [5.41, 5.74) is 9.96. The van der Waals surface area contributed by atoms with Gasteiger partial charge in [0.2, 0.25) is 0 Å². The topological polar surface area (TPSA) is 80.4 Å². The van der Waals surface area contributed by atoms with Crippen LogP contribution in [0.3, 0.4) is 0 Å². The maximum Gasteiger partial charge on any atom is 0.271 e. The van der Waals surface area contributed by atoms with Crippen molar-refractivity contribution in [1.82, 2.24) is 10.4 Å². The van der Waals surface area contributed by atoms with Crippen LogP contribution in [0.4, 0.5) is 5.69 Å². The highest BCUT2D eigenvalue weighted by Crippen LogP contribution is 2.04. The molecule has 1 aromatic carbocycles. The molecule has 0 saturated carbocycles. The van der Waals surface area contributed by atoms with Crippen molar-refractivity contribution in [3.05, 3.63) is 59.9 Å². The fraction of sp³-hybridized carbons (Fsp3) is 0. The third-order valence-electron chi connectivity index (χ3n) is 2.26. The molecular weight excluding hydrogens is 228 g/mol. The molecule has 0 fully saturated rings. The van der Waals surface area contributed by atoms with E-state index in [0.29, 0.717) is 11.3 Å². The van der Waals surface area contributed by atoms with Gasteiger partial charge in [-0.15, -0.1) is 0 Å². The van der Waals surface area contributed by atoms with E-state index >= 15 is 0 Å². The number of nitrogens with one attached hydrogen (secondary N) is 1. The number of aromatic nitrogens is 1.